The third kappa shape index (κ3) is 5.90. The van der Waals surface area contributed by atoms with Crippen molar-refractivity contribution in [3.63, 3.8) is 0 Å². The molecule has 0 fully saturated rings. The van der Waals surface area contributed by atoms with Crippen molar-refractivity contribution < 1.29 is 19.1 Å². The van der Waals surface area contributed by atoms with Gasteiger partial charge in [0, 0.05) is 12.6 Å². The number of carbonyl (C=O) groups excluding carboxylic acids is 2. The van der Waals surface area contributed by atoms with Gasteiger partial charge in [-0.1, -0.05) is 30.3 Å². The maximum Gasteiger partial charge on any atom is 0.426 e. The van der Waals surface area contributed by atoms with E-state index in [1.54, 1.807) is 9.91 Å². The molecule has 1 aromatic heterocycles. The Kier molecular flexibility index (Phi) is 6.72. The molecule has 2 aromatic rings. The average molecular weight is 430 g/mol. The molecule has 0 saturated heterocycles. The number of nitrogens with zero attached hydrogens (tertiary/aromatic N) is 4. The van der Waals surface area contributed by atoms with Crippen LogP contribution in [0.4, 0.5) is 15.4 Å². The number of amides is 2. The second-order valence-corrected chi connectivity index (χ2v) is 8.55. The van der Waals surface area contributed by atoms with Crippen LogP contribution in [0.2, 0.25) is 0 Å². The van der Waals surface area contributed by atoms with Gasteiger partial charge in [0.1, 0.15) is 12.2 Å². The van der Waals surface area contributed by atoms with Gasteiger partial charge in [0.15, 0.2) is 5.82 Å². The average Bonchev–Trinajstić information content (AvgIpc) is 3.11. The van der Waals surface area contributed by atoms with Gasteiger partial charge in [0.25, 0.3) is 0 Å². The van der Waals surface area contributed by atoms with Crippen molar-refractivity contribution in [2.45, 2.75) is 66.0 Å². The van der Waals surface area contributed by atoms with E-state index in [4.69, 9.17) is 9.47 Å². The first-order valence-corrected chi connectivity index (χ1v) is 10.5. The van der Waals surface area contributed by atoms with Crippen LogP contribution in [-0.4, -0.2) is 45.1 Å². The minimum atomic E-state index is -0.555. The second-order valence-electron chi connectivity index (χ2n) is 8.55. The fraction of sp³-hybridized carbons (Fsp3) is 0.500. The van der Waals surface area contributed by atoms with Crippen molar-refractivity contribution in [2.24, 2.45) is 0 Å². The van der Waals surface area contributed by atoms with E-state index in [9.17, 15) is 9.59 Å². The number of aromatic nitrogens is 2. The molecule has 9 nitrogen and oxygen atoms in total. The molecule has 0 aliphatic carbocycles. The van der Waals surface area contributed by atoms with Gasteiger partial charge in [-0.25, -0.2) is 15.0 Å². The van der Waals surface area contributed by atoms with Crippen molar-refractivity contribution in [3.05, 3.63) is 47.7 Å². The Balaban J connectivity index is 1.64. The van der Waals surface area contributed by atoms with Gasteiger partial charge in [-0.05, 0) is 40.2 Å². The lowest BCUT2D eigenvalue weighted by Gasteiger charge is -2.35. The Morgan fingerprint density at radius 1 is 1.26 bits per heavy atom. The molecule has 0 spiro atoms. The van der Waals surface area contributed by atoms with Crippen molar-refractivity contribution in [1.82, 2.24) is 20.1 Å². The highest BCUT2D eigenvalue weighted by Crippen LogP contribution is 2.24. The van der Waals surface area contributed by atoms with Gasteiger partial charge in [-0.2, -0.15) is 5.10 Å². The normalized spacial score (nSPS) is 15.8. The van der Waals surface area contributed by atoms with Crippen molar-refractivity contribution in [3.8, 4) is 0 Å². The lowest BCUT2D eigenvalue weighted by molar-refractivity contribution is 0.00906. The summed E-state index contributed by atoms with van der Waals surface area (Å²) in [6.45, 7) is 11.0. The number of hydrogen-bond donors (Lipinski definition) is 1. The SMILES string of the molecule is CCN(NC(=O)OCc1ccccc1)c1cc2n(n1)C[C@H](C)N(C(=O)OC(C)(C)C)C2. The molecule has 2 heterocycles. The van der Waals surface area contributed by atoms with Gasteiger partial charge in [0.2, 0.25) is 0 Å². The van der Waals surface area contributed by atoms with Crippen LogP contribution < -0.4 is 10.4 Å². The second kappa shape index (κ2) is 9.28. The largest absolute Gasteiger partial charge is 0.444 e. The van der Waals surface area contributed by atoms with E-state index in [1.807, 2.05) is 75.7 Å². The van der Waals surface area contributed by atoms with E-state index in [1.165, 1.54) is 0 Å². The Labute approximate surface area is 182 Å². The Morgan fingerprint density at radius 2 is 1.97 bits per heavy atom. The number of fused-ring (bicyclic) bond motifs is 1. The molecule has 0 radical (unpaired) electrons. The van der Waals surface area contributed by atoms with Crippen molar-refractivity contribution >= 4 is 18.0 Å². The number of nitrogens with one attached hydrogen (secondary N) is 1. The van der Waals surface area contributed by atoms with E-state index in [0.29, 0.717) is 25.5 Å². The molecule has 1 aliphatic heterocycles. The zero-order valence-corrected chi connectivity index (χ0v) is 18.8. The number of carbonyl (C=O) groups is 2. The molecule has 9 heteroatoms. The summed E-state index contributed by atoms with van der Waals surface area (Å²) in [6, 6.07) is 11.3. The van der Waals surface area contributed by atoms with Crippen LogP contribution in [0.1, 0.15) is 45.9 Å². The van der Waals surface area contributed by atoms with E-state index in [2.05, 4.69) is 10.5 Å². The number of benzene rings is 1. The number of hydrazine groups is 1. The first kappa shape index (κ1) is 22.5. The van der Waals surface area contributed by atoms with Crippen LogP contribution in [0.15, 0.2) is 36.4 Å². The Hall–Kier alpha value is -3.23. The highest BCUT2D eigenvalue weighted by molar-refractivity contribution is 5.70. The third-order valence-electron chi connectivity index (χ3n) is 4.81. The zero-order valence-electron chi connectivity index (χ0n) is 18.8. The molecule has 0 unspecified atom stereocenters. The van der Waals surface area contributed by atoms with Crippen LogP contribution >= 0.6 is 0 Å². The number of rotatable bonds is 5. The predicted molar refractivity (Wildman–Crippen MR) is 116 cm³/mol. The Bertz CT molecular complexity index is 906. The number of anilines is 1. The smallest absolute Gasteiger partial charge is 0.426 e. The standard InChI is InChI=1S/C22H31N5O4/c1-6-26(24-20(28)30-15-17-10-8-7-9-11-17)19-12-18-14-25(16(2)13-27(18)23-19)21(29)31-22(3,4)5/h7-12,16H,6,13-15H2,1-5H3,(H,24,28)/t16-/m0/s1. The van der Waals surface area contributed by atoms with Crippen molar-refractivity contribution in [1.29, 1.82) is 0 Å². The van der Waals surface area contributed by atoms with Crippen LogP contribution in [0.5, 0.6) is 0 Å². The summed E-state index contributed by atoms with van der Waals surface area (Å²) in [4.78, 5) is 26.5. The lowest BCUT2D eigenvalue weighted by atomic mass is 10.2. The monoisotopic (exact) mass is 429 g/mol. The summed E-state index contributed by atoms with van der Waals surface area (Å²) in [5.41, 5.74) is 3.96. The Morgan fingerprint density at radius 3 is 2.61 bits per heavy atom. The van der Waals surface area contributed by atoms with Crippen LogP contribution in [-0.2, 0) is 29.2 Å². The van der Waals surface area contributed by atoms with Crippen LogP contribution in [0.25, 0.3) is 0 Å². The lowest BCUT2D eigenvalue weighted by Crippen LogP contribution is -2.47. The zero-order chi connectivity index (χ0) is 22.6. The first-order valence-electron chi connectivity index (χ1n) is 10.5. The maximum absolute atomic E-state index is 12.6. The molecular weight excluding hydrogens is 398 g/mol. The van der Waals surface area contributed by atoms with Gasteiger partial charge >= 0.3 is 12.2 Å². The van der Waals surface area contributed by atoms with Crippen LogP contribution in [0.3, 0.4) is 0 Å². The molecule has 1 aliphatic rings. The quantitative estimate of drug-likeness (QED) is 0.729. The van der Waals surface area contributed by atoms with Gasteiger partial charge in [-0.3, -0.25) is 14.6 Å². The number of hydrogen-bond acceptors (Lipinski definition) is 6. The van der Waals surface area contributed by atoms with Gasteiger partial charge in [-0.15, -0.1) is 0 Å². The van der Waals surface area contributed by atoms with Gasteiger partial charge < -0.3 is 9.47 Å². The van der Waals surface area contributed by atoms with E-state index in [0.717, 1.165) is 11.3 Å². The molecule has 3 rings (SSSR count). The van der Waals surface area contributed by atoms with Crippen LogP contribution in [0, 0.1) is 0 Å². The molecule has 1 N–H and O–H groups in total. The number of ether oxygens (including phenoxy) is 2. The fourth-order valence-corrected chi connectivity index (χ4v) is 3.27. The molecule has 2 amide bonds. The molecule has 0 bridgehead atoms. The summed E-state index contributed by atoms with van der Waals surface area (Å²) in [5.74, 6) is 0.590. The minimum absolute atomic E-state index is 0.0611. The molecule has 0 saturated carbocycles. The first-order chi connectivity index (χ1) is 14.7. The highest BCUT2D eigenvalue weighted by atomic mass is 16.6. The molecular formula is C22H31N5O4. The minimum Gasteiger partial charge on any atom is -0.444 e. The van der Waals surface area contributed by atoms with Crippen molar-refractivity contribution in [2.75, 3.05) is 11.6 Å². The third-order valence-corrected chi connectivity index (χ3v) is 4.81. The predicted octanol–water partition coefficient (Wildman–Crippen LogP) is 3.69. The van der Waals surface area contributed by atoms with Gasteiger partial charge in [0.05, 0.1) is 24.8 Å². The summed E-state index contributed by atoms with van der Waals surface area (Å²) < 4.78 is 12.7. The summed E-state index contributed by atoms with van der Waals surface area (Å²) >= 11 is 0. The summed E-state index contributed by atoms with van der Waals surface area (Å²) in [5, 5.41) is 6.23. The maximum atomic E-state index is 12.6. The highest BCUT2D eigenvalue weighted by Gasteiger charge is 2.32. The summed E-state index contributed by atoms with van der Waals surface area (Å²) in [7, 11) is 0. The molecule has 168 valence electrons. The molecule has 1 atom stereocenters. The fourth-order valence-electron chi connectivity index (χ4n) is 3.27. The molecule has 31 heavy (non-hydrogen) atoms. The van der Waals surface area contributed by atoms with E-state index in [-0.39, 0.29) is 18.7 Å². The molecule has 1 aromatic carbocycles. The summed E-state index contributed by atoms with van der Waals surface area (Å²) in [6.07, 6.45) is -0.899. The topological polar surface area (TPSA) is 88.9 Å². The van der Waals surface area contributed by atoms with E-state index >= 15 is 0 Å². The van der Waals surface area contributed by atoms with E-state index < -0.39 is 11.7 Å².